The van der Waals surface area contributed by atoms with E-state index in [0.717, 1.165) is 5.56 Å². The molecule has 1 aromatic rings. The fraction of sp³-hybridized carbons (Fsp3) is 0.667. The second-order valence-corrected chi connectivity index (χ2v) is 11.8. The molecule has 7 nitrogen and oxygen atoms in total. The summed E-state index contributed by atoms with van der Waals surface area (Å²) in [6.07, 6.45) is 1.78. The number of ether oxygens (including phenoxy) is 1. The van der Waals surface area contributed by atoms with E-state index in [2.05, 4.69) is 10.6 Å². The molecule has 1 aromatic heterocycles. The third kappa shape index (κ3) is 7.90. The molecule has 0 aliphatic heterocycles. The van der Waals surface area contributed by atoms with Crippen molar-refractivity contribution < 1.29 is 19.1 Å². The number of rotatable bonds is 11. The maximum absolute atomic E-state index is 13.8. The summed E-state index contributed by atoms with van der Waals surface area (Å²) >= 11 is 1.59. The first kappa shape index (κ1) is 30.8. The van der Waals surface area contributed by atoms with E-state index in [9.17, 15) is 14.4 Å². The molecule has 198 valence electrons. The van der Waals surface area contributed by atoms with E-state index < -0.39 is 28.9 Å². The Balaban J connectivity index is 3.26. The van der Waals surface area contributed by atoms with Crippen LogP contribution in [0.4, 0.5) is 0 Å². The van der Waals surface area contributed by atoms with Crippen LogP contribution in [0.5, 0.6) is 0 Å². The van der Waals surface area contributed by atoms with Gasteiger partial charge in [0.2, 0.25) is 11.8 Å². The maximum atomic E-state index is 13.8. The quantitative estimate of drug-likeness (QED) is 0.347. The largest absolute Gasteiger partial charge is 0.463 e. The molecule has 0 saturated carbocycles. The average Bonchev–Trinajstić information content (AvgIpc) is 3.30. The molecular formula is C27H45N3O4S. The molecular weight excluding hydrogens is 462 g/mol. The summed E-state index contributed by atoms with van der Waals surface area (Å²) in [6, 6.07) is 0.392. The minimum Gasteiger partial charge on any atom is -0.463 e. The molecule has 2 amide bonds. The number of hydrogen-bond acceptors (Lipinski definition) is 6. The standard InChI is InChI=1S/C27H45N3O4S/c1-12-34-25(33)18(4)15-20(17(2)3)30(11)24(32)22(26(5,6)7)29-23(31)21(28-10)27(8,9)19-13-14-35-16-19/h13-17,20-22,28H,12H2,1-11H3,(H,29,31)/t20-,21-,22-/m1/s1. The number of carbonyl (C=O) groups excluding carboxylic acids is 3. The fourth-order valence-corrected chi connectivity index (χ4v) is 5.00. The summed E-state index contributed by atoms with van der Waals surface area (Å²) in [4.78, 5) is 41.1. The summed E-state index contributed by atoms with van der Waals surface area (Å²) in [5.41, 5.74) is 0.505. The normalized spacial score (nSPS) is 15.4. The number of nitrogens with one attached hydrogen (secondary N) is 2. The van der Waals surface area contributed by atoms with Crippen LogP contribution in [0.1, 0.15) is 67.9 Å². The van der Waals surface area contributed by atoms with Gasteiger partial charge in [-0.05, 0) is 54.6 Å². The van der Waals surface area contributed by atoms with Gasteiger partial charge in [-0.2, -0.15) is 11.3 Å². The van der Waals surface area contributed by atoms with Gasteiger partial charge < -0.3 is 20.3 Å². The van der Waals surface area contributed by atoms with E-state index in [0.29, 0.717) is 5.57 Å². The van der Waals surface area contributed by atoms with Crippen LogP contribution < -0.4 is 10.6 Å². The molecule has 3 atom stereocenters. The van der Waals surface area contributed by atoms with Crippen molar-refractivity contribution in [2.24, 2.45) is 11.3 Å². The zero-order chi connectivity index (χ0) is 27.1. The van der Waals surface area contributed by atoms with Crippen LogP contribution in [0.3, 0.4) is 0 Å². The van der Waals surface area contributed by atoms with E-state index in [4.69, 9.17) is 4.74 Å². The molecule has 0 saturated heterocycles. The van der Waals surface area contributed by atoms with Gasteiger partial charge in [0, 0.05) is 18.0 Å². The summed E-state index contributed by atoms with van der Waals surface area (Å²) in [7, 11) is 3.48. The molecule has 1 heterocycles. The minimum atomic E-state index is -0.758. The molecule has 0 unspecified atom stereocenters. The summed E-state index contributed by atoms with van der Waals surface area (Å²) in [5.74, 6) is -0.787. The van der Waals surface area contributed by atoms with E-state index in [1.54, 1.807) is 50.3 Å². The second kappa shape index (κ2) is 12.7. The van der Waals surface area contributed by atoms with Gasteiger partial charge in [0.05, 0.1) is 18.7 Å². The van der Waals surface area contributed by atoms with Crippen LogP contribution in [0, 0.1) is 11.3 Å². The Bertz CT molecular complexity index is 885. The molecule has 0 aromatic carbocycles. The van der Waals surface area contributed by atoms with Gasteiger partial charge in [0.1, 0.15) is 6.04 Å². The van der Waals surface area contributed by atoms with Crippen LogP contribution in [0.15, 0.2) is 28.5 Å². The van der Waals surface area contributed by atoms with E-state index in [1.807, 2.05) is 65.3 Å². The highest BCUT2D eigenvalue weighted by Crippen LogP contribution is 2.30. The van der Waals surface area contributed by atoms with Crippen molar-refractivity contribution in [3.63, 3.8) is 0 Å². The summed E-state index contributed by atoms with van der Waals surface area (Å²) in [6.45, 7) is 17.6. The van der Waals surface area contributed by atoms with Gasteiger partial charge in [-0.15, -0.1) is 0 Å². The molecule has 0 aliphatic rings. The van der Waals surface area contributed by atoms with Gasteiger partial charge in [-0.25, -0.2) is 4.79 Å². The molecule has 0 bridgehead atoms. The zero-order valence-corrected chi connectivity index (χ0v) is 24.1. The van der Waals surface area contributed by atoms with Gasteiger partial charge in [0.15, 0.2) is 0 Å². The van der Waals surface area contributed by atoms with Crippen molar-refractivity contribution in [2.75, 3.05) is 20.7 Å². The smallest absolute Gasteiger partial charge is 0.333 e. The van der Waals surface area contributed by atoms with Crippen molar-refractivity contribution in [1.29, 1.82) is 0 Å². The predicted molar refractivity (Wildman–Crippen MR) is 143 cm³/mol. The number of likely N-dealkylation sites (N-methyl/N-ethyl adjacent to an activating group) is 2. The lowest BCUT2D eigenvalue weighted by atomic mass is 9.78. The average molecular weight is 508 g/mol. The van der Waals surface area contributed by atoms with Crippen molar-refractivity contribution in [3.05, 3.63) is 34.0 Å². The monoisotopic (exact) mass is 507 g/mol. The van der Waals surface area contributed by atoms with Crippen LogP contribution >= 0.6 is 11.3 Å². The molecule has 1 rings (SSSR count). The van der Waals surface area contributed by atoms with Crippen molar-refractivity contribution >= 4 is 29.1 Å². The van der Waals surface area contributed by atoms with Crippen molar-refractivity contribution in [3.8, 4) is 0 Å². The first-order chi connectivity index (χ1) is 16.1. The molecule has 0 spiro atoms. The van der Waals surface area contributed by atoms with E-state index in [-0.39, 0.29) is 30.4 Å². The number of carbonyl (C=O) groups is 3. The number of esters is 1. The summed E-state index contributed by atoms with van der Waals surface area (Å²) < 4.78 is 5.11. The Hall–Kier alpha value is -2.19. The molecule has 0 fully saturated rings. The molecule has 8 heteroatoms. The minimum absolute atomic E-state index is 0.0484. The van der Waals surface area contributed by atoms with Crippen LogP contribution in [0.2, 0.25) is 0 Å². The van der Waals surface area contributed by atoms with E-state index in [1.165, 1.54) is 0 Å². The van der Waals surface area contributed by atoms with E-state index >= 15 is 0 Å². The zero-order valence-electron chi connectivity index (χ0n) is 23.3. The number of amides is 2. The Morgan fingerprint density at radius 3 is 2.17 bits per heavy atom. The van der Waals surface area contributed by atoms with Crippen molar-refractivity contribution in [2.45, 2.75) is 85.9 Å². The molecule has 0 radical (unpaired) electrons. The maximum Gasteiger partial charge on any atom is 0.333 e. The summed E-state index contributed by atoms with van der Waals surface area (Å²) in [5, 5.41) is 10.2. The first-order valence-corrected chi connectivity index (χ1v) is 13.2. The topological polar surface area (TPSA) is 87.7 Å². The molecule has 0 aliphatic carbocycles. The lowest BCUT2D eigenvalue weighted by Crippen LogP contribution is -2.61. The SMILES string of the molecule is CCOC(=O)C(C)=C[C@H](C(C)C)N(C)C(=O)[C@@H](NC(=O)[C@@H](NC)C(C)(C)c1ccsc1)C(C)(C)C. The highest BCUT2D eigenvalue weighted by Gasteiger charge is 2.41. The third-order valence-electron chi connectivity index (χ3n) is 6.43. The fourth-order valence-electron chi connectivity index (χ4n) is 4.16. The van der Waals surface area contributed by atoms with Gasteiger partial charge in [-0.3, -0.25) is 9.59 Å². The van der Waals surface area contributed by atoms with Crippen LogP contribution in [-0.4, -0.2) is 61.5 Å². The Labute approximate surface area is 215 Å². The van der Waals surface area contributed by atoms with Gasteiger partial charge >= 0.3 is 5.97 Å². The number of nitrogens with zero attached hydrogens (tertiary/aromatic N) is 1. The van der Waals surface area contributed by atoms with Gasteiger partial charge in [-0.1, -0.05) is 54.5 Å². The lowest BCUT2D eigenvalue weighted by molar-refractivity contribution is -0.141. The second-order valence-electron chi connectivity index (χ2n) is 11.0. The lowest BCUT2D eigenvalue weighted by Gasteiger charge is -2.39. The van der Waals surface area contributed by atoms with Crippen LogP contribution in [-0.2, 0) is 24.5 Å². The number of thiophene rings is 1. The molecule has 2 N–H and O–H groups in total. The number of hydrogen-bond donors (Lipinski definition) is 2. The first-order valence-electron chi connectivity index (χ1n) is 12.2. The van der Waals surface area contributed by atoms with Crippen LogP contribution in [0.25, 0.3) is 0 Å². The highest BCUT2D eigenvalue weighted by molar-refractivity contribution is 7.08. The third-order valence-corrected chi connectivity index (χ3v) is 7.12. The molecule has 35 heavy (non-hydrogen) atoms. The van der Waals surface area contributed by atoms with Gasteiger partial charge in [0.25, 0.3) is 0 Å². The Morgan fingerprint density at radius 2 is 1.74 bits per heavy atom. The highest BCUT2D eigenvalue weighted by atomic mass is 32.1. The Kier molecular flexibility index (Phi) is 11.2. The van der Waals surface area contributed by atoms with Crippen molar-refractivity contribution in [1.82, 2.24) is 15.5 Å². The Morgan fingerprint density at radius 1 is 1.14 bits per heavy atom. The predicted octanol–water partition coefficient (Wildman–Crippen LogP) is 4.14.